The van der Waals surface area contributed by atoms with E-state index in [4.69, 9.17) is 4.74 Å². The van der Waals surface area contributed by atoms with Crippen molar-refractivity contribution in [1.82, 2.24) is 0 Å². The van der Waals surface area contributed by atoms with Crippen molar-refractivity contribution in [2.75, 3.05) is 7.11 Å². The minimum absolute atomic E-state index is 0.325. The molecule has 1 aromatic carbocycles. The molecule has 0 N–H and O–H groups in total. The number of ether oxygens (including phenoxy) is 1. The normalized spacial score (nSPS) is 8.87. The number of hydrogen-bond donors (Lipinski definition) is 0. The van der Waals surface area contributed by atoms with E-state index in [1.807, 2.05) is 0 Å². The van der Waals surface area contributed by atoms with Crippen molar-refractivity contribution in [3.8, 4) is 0 Å². The molecule has 0 aliphatic rings. The van der Waals surface area contributed by atoms with Crippen LogP contribution in [0, 0.1) is 0 Å². The van der Waals surface area contributed by atoms with Crippen LogP contribution < -0.4 is 0 Å². The van der Waals surface area contributed by atoms with E-state index < -0.39 is 0 Å². The summed E-state index contributed by atoms with van der Waals surface area (Å²) in [5.74, 6) is 0. The maximum Gasteiger partial charge on any atom is 0.240 e. The first-order valence-electron chi connectivity index (χ1n) is 4.09. The summed E-state index contributed by atoms with van der Waals surface area (Å²) >= 11 is 0. The Balaban J connectivity index is 3.19. The predicted octanol–water partition coefficient (Wildman–Crippen LogP) is 1.77. The first-order valence-corrected chi connectivity index (χ1v) is 4.09. The number of nitrogens with zero attached hydrogens (tertiary/aromatic N) is 2. The number of aliphatic imine (C=N–C) groups is 2. The van der Waals surface area contributed by atoms with Crippen molar-refractivity contribution in [3.63, 3.8) is 0 Å². The molecule has 0 aliphatic heterocycles. The Bertz CT molecular complexity index is 444. The Morgan fingerprint density at radius 3 is 2.60 bits per heavy atom. The molecule has 15 heavy (non-hydrogen) atoms. The number of carbonyl (C=O) groups excluding carboxylic acids is 2. The first-order chi connectivity index (χ1) is 7.31. The van der Waals surface area contributed by atoms with Crippen molar-refractivity contribution in [3.05, 3.63) is 23.8 Å². The number of hydrogen-bond acceptors (Lipinski definition) is 5. The maximum atomic E-state index is 10.2. The van der Waals surface area contributed by atoms with Crippen molar-refractivity contribution in [1.29, 1.82) is 0 Å². The fourth-order valence-electron chi connectivity index (χ4n) is 1.11. The van der Waals surface area contributed by atoms with Gasteiger partial charge in [-0.2, -0.15) is 9.98 Å². The van der Waals surface area contributed by atoms with Gasteiger partial charge in [-0.15, -0.1) is 0 Å². The molecule has 0 saturated heterocycles. The molecule has 0 heterocycles. The van der Waals surface area contributed by atoms with Crippen LogP contribution in [0.3, 0.4) is 0 Å². The topological polar surface area (TPSA) is 68.1 Å². The van der Waals surface area contributed by atoms with Gasteiger partial charge in [0, 0.05) is 12.7 Å². The Kier molecular flexibility index (Phi) is 4.13. The highest BCUT2D eigenvalue weighted by Crippen LogP contribution is 2.25. The Hall–Kier alpha value is -2.06. The summed E-state index contributed by atoms with van der Waals surface area (Å²) < 4.78 is 4.92. The smallest absolute Gasteiger partial charge is 0.240 e. The largest absolute Gasteiger partial charge is 0.380 e. The van der Waals surface area contributed by atoms with Gasteiger partial charge in [-0.25, -0.2) is 9.59 Å². The van der Waals surface area contributed by atoms with Crippen molar-refractivity contribution < 1.29 is 14.3 Å². The molecule has 0 radical (unpaired) electrons. The highest BCUT2D eigenvalue weighted by Gasteiger charge is 2.02. The van der Waals surface area contributed by atoms with E-state index in [1.54, 1.807) is 12.1 Å². The summed E-state index contributed by atoms with van der Waals surface area (Å²) in [6, 6.07) is 4.78. The van der Waals surface area contributed by atoms with Crippen LogP contribution in [-0.4, -0.2) is 19.3 Å². The van der Waals surface area contributed by atoms with Crippen LogP contribution in [0.5, 0.6) is 0 Å². The van der Waals surface area contributed by atoms with Gasteiger partial charge in [0.2, 0.25) is 12.2 Å². The molecular formula is C10H8N2O3. The van der Waals surface area contributed by atoms with Gasteiger partial charge >= 0.3 is 0 Å². The van der Waals surface area contributed by atoms with E-state index in [1.165, 1.54) is 25.3 Å². The summed E-state index contributed by atoms with van der Waals surface area (Å²) in [4.78, 5) is 27.1. The van der Waals surface area contributed by atoms with E-state index in [2.05, 4.69) is 9.98 Å². The minimum Gasteiger partial charge on any atom is -0.380 e. The second-order valence-electron chi connectivity index (χ2n) is 2.65. The first kappa shape index (κ1) is 11.0. The van der Waals surface area contributed by atoms with Gasteiger partial charge in [-0.05, 0) is 12.1 Å². The lowest BCUT2D eigenvalue weighted by Crippen LogP contribution is -1.87. The number of isocyanates is 2. The average Bonchev–Trinajstić information content (AvgIpc) is 2.23. The van der Waals surface area contributed by atoms with Gasteiger partial charge in [0.05, 0.1) is 18.0 Å². The van der Waals surface area contributed by atoms with Gasteiger partial charge in [-0.3, -0.25) is 0 Å². The summed E-state index contributed by atoms with van der Waals surface area (Å²) in [5, 5.41) is 0. The summed E-state index contributed by atoms with van der Waals surface area (Å²) in [6.07, 6.45) is 2.84. The van der Waals surface area contributed by atoms with Crippen molar-refractivity contribution >= 4 is 23.5 Å². The zero-order valence-corrected chi connectivity index (χ0v) is 8.06. The number of methoxy groups -OCH3 is 1. The molecule has 0 aliphatic carbocycles. The number of benzene rings is 1. The zero-order valence-electron chi connectivity index (χ0n) is 8.06. The Morgan fingerprint density at radius 2 is 2.00 bits per heavy atom. The minimum atomic E-state index is 0.325. The lowest BCUT2D eigenvalue weighted by molar-refractivity contribution is 0.185. The quantitative estimate of drug-likeness (QED) is 0.554. The van der Waals surface area contributed by atoms with E-state index in [-0.39, 0.29) is 0 Å². The third-order valence-corrected chi connectivity index (χ3v) is 1.71. The van der Waals surface area contributed by atoms with E-state index in [0.29, 0.717) is 18.0 Å². The second-order valence-corrected chi connectivity index (χ2v) is 2.65. The van der Waals surface area contributed by atoms with E-state index >= 15 is 0 Å². The molecule has 1 aromatic rings. The fourth-order valence-corrected chi connectivity index (χ4v) is 1.11. The molecule has 0 aromatic heterocycles. The lowest BCUT2D eigenvalue weighted by atomic mass is 10.2. The van der Waals surface area contributed by atoms with Crippen LogP contribution >= 0.6 is 0 Å². The van der Waals surface area contributed by atoms with E-state index in [0.717, 1.165) is 5.56 Å². The van der Waals surface area contributed by atoms with Gasteiger partial charge in [-0.1, -0.05) is 6.07 Å². The Labute approximate surface area is 86.1 Å². The molecule has 76 valence electrons. The van der Waals surface area contributed by atoms with Gasteiger partial charge in [0.15, 0.2) is 0 Å². The molecule has 5 nitrogen and oxygen atoms in total. The fraction of sp³-hybridized carbons (Fsp3) is 0.200. The SMILES string of the molecule is COCc1ccc(N=C=O)cc1N=C=O. The molecule has 1 rings (SSSR count). The van der Waals surface area contributed by atoms with Crippen molar-refractivity contribution in [2.24, 2.45) is 9.98 Å². The predicted molar refractivity (Wildman–Crippen MR) is 52.7 cm³/mol. The van der Waals surface area contributed by atoms with E-state index in [9.17, 15) is 9.59 Å². The molecule has 0 saturated carbocycles. The highest BCUT2D eigenvalue weighted by molar-refractivity contribution is 5.61. The van der Waals surface area contributed by atoms with Gasteiger partial charge < -0.3 is 4.74 Å². The second kappa shape index (κ2) is 5.62. The monoisotopic (exact) mass is 204 g/mol. The van der Waals surface area contributed by atoms with Crippen LogP contribution in [0.1, 0.15) is 5.56 Å². The van der Waals surface area contributed by atoms with Crippen LogP contribution in [0.4, 0.5) is 11.4 Å². The summed E-state index contributed by atoms with van der Waals surface area (Å²) in [7, 11) is 1.53. The van der Waals surface area contributed by atoms with Gasteiger partial charge in [0.25, 0.3) is 0 Å². The van der Waals surface area contributed by atoms with Crippen LogP contribution in [0.25, 0.3) is 0 Å². The van der Waals surface area contributed by atoms with Crippen LogP contribution in [0.2, 0.25) is 0 Å². The molecule has 0 bridgehead atoms. The number of rotatable bonds is 4. The lowest BCUT2D eigenvalue weighted by Gasteiger charge is -2.03. The van der Waals surface area contributed by atoms with Gasteiger partial charge in [0.1, 0.15) is 0 Å². The highest BCUT2D eigenvalue weighted by atomic mass is 16.5. The average molecular weight is 204 g/mol. The molecule has 0 atom stereocenters. The Morgan fingerprint density at radius 1 is 1.27 bits per heavy atom. The summed E-state index contributed by atoms with van der Waals surface area (Å²) in [6.45, 7) is 0.325. The standard InChI is InChI=1S/C10H8N2O3/c1-15-5-8-2-3-9(11-6-13)4-10(8)12-7-14/h2-4H,5H2,1H3. The molecule has 0 amide bonds. The van der Waals surface area contributed by atoms with Crippen LogP contribution in [0.15, 0.2) is 28.2 Å². The third kappa shape index (κ3) is 2.97. The summed E-state index contributed by atoms with van der Waals surface area (Å²) in [5.41, 5.74) is 1.51. The molecule has 5 heteroatoms. The third-order valence-electron chi connectivity index (χ3n) is 1.71. The zero-order chi connectivity index (χ0) is 11.1. The molecule has 0 fully saturated rings. The van der Waals surface area contributed by atoms with Crippen LogP contribution in [-0.2, 0) is 20.9 Å². The van der Waals surface area contributed by atoms with Crippen molar-refractivity contribution in [2.45, 2.75) is 6.61 Å². The molecular weight excluding hydrogens is 196 g/mol. The molecule has 0 unspecified atom stereocenters. The molecule has 0 spiro atoms. The maximum absolute atomic E-state index is 10.2.